The molecular weight excluding hydrogens is 274 g/mol. The molecule has 3 nitrogen and oxygen atoms in total. The minimum atomic E-state index is 0.0686. The van der Waals surface area contributed by atoms with E-state index in [2.05, 4.69) is 13.8 Å². The number of carbonyl (C=O) groups is 1. The fourth-order valence-electron chi connectivity index (χ4n) is 2.90. The number of benzene rings is 1. The Bertz CT molecular complexity index is 479. The number of hydrogen-bond acceptors (Lipinski definition) is 2. The first-order valence-corrected chi connectivity index (χ1v) is 7.57. The highest BCUT2D eigenvalue weighted by Gasteiger charge is 2.28. The highest BCUT2D eigenvalue weighted by Crippen LogP contribution is 2.24. The van der Waals surface area contributed by atoms with Crippen LogP contribution in [0.25, 0.3) is 0 Å². The summed E-state index contributed by atoms with van der Waals surface area (Å²) in [7, 11) is 0. The van der Waals surface area contributed by atoms with E-state index in [0.717, 1.165) is 24.2 Å². The first-order valence-electron chi connectivity index (χ1n) is 7.19. The fourth-order valence-corrected chi connectivity index (χ4v) is 3.13. The number of carbonyl (C=O) groups excluding carboxylic acids is 1. The third-order valence-electron chi connectivity index (χ3n) is 3.97. The van der Waals surface area contributed by atoms with E-state index in [0.29, 0.717) is 17.1 Å². The topological polar surface area (TPSA) is 29.5 Å². The highest BCUT2D eigenvalue weighted by molar-refractivity contribution is 6.30. The molecule has 0 unspecified atom stereocenters. The van der Waals surface area contributed by atoms with E-state index in [9.17, 15) is 4.79 Å². The van der Waals surface area contributed by atoms with Gasteiger partial charge in [-0.2, -0.15) is 0 Å². The van der Waals surface area contributed by atoms with Crippen LogP contribution < -0.4 is 4.74 Å². The number of aryl methyl sites for hydroxylation is 1. The fraction of sp³-hybridized carbons (Fsp3) is 0.562. The molecule has 1 amide bonds. The largest absolute Gasteiger partial charge is 0.483 e. The zero-order valence-electron chi connectivity index (χ0n) is 12.4. The maximum absolute atomic E-state index is 12.3. The average Bonchev–Trinajstić information content (AvgIpc) is 2.37. The molecule has 0 radical (unpaired) electrons. The van der Waals surface area contributed by atoms with Crippen molar-refractivity contribution in [2.45, 2.75) is 52.1 Å². The van der Waals surface area contributed by atoms with E-state index in [1.807, 2.05) is 24.0 Å². The van der Waals surface area contributed by atoms with Gasteiger partial charge in [0.2, 0.25) is 0 Å². The van der Waals surface area contributed by atoms with Gasteiger partial charge in [0.25, 0.3) is 5.91 Å². The van der Waals surface area contributed by atoms with Crippen LogP contribution in [0.2, 0.25) is 5.02 Å². The van der Waals surface area contributed by atoms with E-state index < -0.39 is 0 Å². The van der Waals surface area contributed by atoms with Gasteiger partial charge in [0.1, 0.15) is 5.75 Å². The molecule has 1 fully saturated rings. The second-order valence-electron chi connectivity index (χ2n) is 5.63. The number of halogens is 1. The van der Waals surface area contributed by atoms with E-state index in [1.165, 1.54) is 6.42 Å². The summed E-state index contributed by atoms with van der Waals surface area (Å²) in [5, 5.41) is 0.680. The molecule has 110 valence electrons. The van der Waals surface area contributed by atoms with Crippen LogP contribution in [0.1, 0.15) is 38.7 Å². The molecule has 1 saturated heterocycles. The molecule has 0 aromatic heterocycles. The van der Waals surface area contributed by atoms with Crippen molar-refractivity contribution in [3.05, 3.63) is 28.8 Å². The molecule has 1 aromatic rings. The minimum Gasteiger partial charge on any atom is -0.483 e. The third-order valence-corrected chi connectivity index (χ3v) is 4.20. The maximum Gasteiger partial charge on any atom is 0.260 e. The van der Waals surface area contributed by atoms with Gasteiger partial charge in [0, 0.05) is 17.1 Å². The molecule has 2 atom stereocenters. The third kappa shape index (κ3) is 3.45. The Kier molecular flexibility index (Phi) is 4.92. The van der Waals surface area contributed by atoms with Gasteiger partial charge in [-0.25, -0.2) is 0 Å². The van der Waals surface area contributed by atoms with Crippen molar-refractivity contribution < 1.29 is 9.53 Å². The van der Waals surface area contributed by atoms with E-state index >= 15 is 0 Å². The Morgan fingerprint density at radius 1 is 1.35 bits per heavy atom. The number of rotatable bonds is 3. The molecule has 1 aromatic carbocycles. The smallest absolute Gasteiger partial charge is 0.260 e. The lowest BCUT2D eigenvalue weighted by Crippen LogP contribution is -2.49. The van der Waals surface area contributed by atoms with Crippen LogP contribution in [0.3, 0.4) is 0 Å². The number of piperidine rings is 1. The molecule has 1 aliphatic heterocycles. The van der Waals surface area contributed by atoms with Gasteiger partial charge in [0.15, 0.2) is 6.61 Å². The second kappa shape index (κ2) is 6.49. The minimum absolute atomic E-state index is 0.0686. The van der Waals surface area contributed by atoms with Gasteiger partial charge >= 0.3 is 0 Å². The predicted octanol–water partition coefficient (Wildman–Crippen LogP) is 3.82. The van der Waals surface area contributed by atoms with Gasteiger partial charge in [-0.3, -0.25) is 4.79 Å². The van der Waals surface area contributed by atoms with Gasteiger partial charge in [0.05, 0.1) is 0 Å². The van der Waals surface area contributed by atoms with Crippen LogP contribution in [0, 0.1) is 6.92 Å². The number of amides is 1. The van der Waals surface area contributed by atoms with Crippen molar-refractivity contribution in [3.63, 3.8) is 0 Å². The Labute approximate surface area is 125 Å². The molecule has 2 rings (SSSR count). The molecule has 0 bridgehead atoms. The Morgan fingerprint density at radius 3 is 2.60 bits per heavy atom. The van der Waals surface area contributed by atoms with E-state index in [1.54, 1.807) is 6.07 Å². The van der Waals surface area contributed by atoms with Gasteiger partial charge in [-0.1, -0.05) is 11.6 Å². The summed E-state index contributed by atoms with van der Waals surface area (Å²) in [6, 6.07) is 6.05. The van der Waals surface area contributed by atoms with Crippen LogP contribution in [0.15, 0.2) is 18.2 Å². The Hall–Kier alpha value is -1.22. The van der Waals surface area contributed by atoms with Crippen molar-refractivity contribution in [2.75, 3.05) is 6.61 Å². The number of nitrogens with zero attached hydrogens (tertiary/aromatic N) is 1. The summed E-state index contributed by atoms with van der Waals surface area (Å²) in [4.78, 5) is 14.3. The lowest BCUT2D eigenvalue weighted by Gasteiger charge is -2.39. The maximum atomic E-state index is 12.3. The van der Waals surface area contributed by atoms with Gasteiger partial charge in [-0.05, 0) is 63.8 Å². The lowest BCUT2D eigenvalue weighted by molar-refractivity contribution is -0.139. The van der Waals surface area contributed by atoms with Crippen molar-refractivity contribution in [2.24, 2.45) is 0 Å². The molecule has 0 saturated carbocycles. The first kappa shape index (κ1) is 15.2. The zero-order valence-corrected chi connectivity index (χ0v) is 13.1. The van der Waals surface area contributed by atoms with Crippen LogP contribution >= 0.6 is 11.6 Å². The van der Waals surface area contributed by atoms with E-state index in [-0.39, 0.29) is 12.5 Å². The van der Waals surface area contributed by atoms with Crippen molar-refractivity contribution in [1.29, 1.82) is 0 Å². The SMILES string of the molecule is Cc1cc(Cl)ccc1OCC(=O)N1[C@H](C)CCC[C@@H]1C. The van der Waals surface area contributed by atoms with E-state index in [4.69, 9.17) is 16.3 Å². The molecule has 1 aliphatic rings. The summed E-state index contributed by atoms with van der Waals surface area (Å²) in [6.45, 7) is 6.25. The van der Waals surface area contributed by atoms with Crippen LogP contribution in [0.5, 0.6) is 5.75 Å². The lowest BCUT2D eigenvalue weighted by atomic mass is 9.97. The molecule has 4 heteroatoms. The van der Waals surface area contributed by atoms with Crippen LogP contribution in [-0.2, 0) is 4.79 Å². The number of ether oxygens (including phenoxy) is 1. The molecule has 1 heterocycles. The standard InChI is InChI=1S/C16H22ClNO2/c1-11-9-14(17)7-8-15(11)20-10-16(19)18-12(2)5-4-6-13(18)3/h7-9,12-13H,4-6,10H2,1-3H3/t12-,13+. The Morgan fingerprint density at radius 2 is 2.00 bits per heavy atom. The van der Waals surface area contributed by atoms with Crippen molar-refractivity contribution >= 4 is 17.5 Å². The summed E-state index contributed by atoms with van der Waals surface area (Å²) in [6.07, 6.45) is 3.36. The number of hydrogen-bond donors (Lipinski definition) is 0. The van der Waals surface area contributed by atoms with Crippen molar-refractivity contribution in [1.82, 2.24) is 4.90 Å². The molecule has 0 N–H and O–H groups in total. The summed E-state index contributed by atoms with van der Waals surface area (Å²) < 4.78 is 5.65. The van der Waals surface area contributed by atoms with Crippen molar-refractivity contribution in [3.8, 4) is 5.75 Å². The zero-order chi connectivity index (χ0) is 14.7. The van der Waals surface area contributed by atoms with Crippen LogP contribution in [0.4, 0.5) is 0 Å². The van der Waals surface area contributed by atoms with Gasteiger partial charge < -0.3 is 9.64 Å². The Balaban J connectivity index is 1.97. The first-order chi connectivity index (χ1) is 9.49. The second-order valence-corrected chi connectivity index (χ2v) is 6.06. The van der Waals surface area contributed by atoms with Crippen LogP contribution in [-0.4, -0.2) is 29.5 Å². The monoisotopic (exact) mass is 295 g/mol. The molecular formula is C16H22ClNO2. The molecule has 0 aliphatic carbocycles. The summed E-state index contributed by atoms with van der Waals surface area (Å²) >= 11 is 5.91. The summed E-state index contributed by atoms with van der Waals surface area (Å²) in [5.41, 5.74) is 0.949. The number of likely N-dealkylation sites (tertiary alicyclic amines) is 1. The average molecular weight is 296 g/mol. The predicted molar refractivity (Wildman–Crippen MR) is 81.3 cm³/mol. The quantitative estimate of drug-likeness (QED) is 0.848. The highest BCUT2D eigenvalue weighted by atomic mass is 35.5. The molecule has 20 heavy (non-hydrogen) atoms. The normalized spacial score (nSPS) is 22.7. The molecule has 0 spiro atoms. The summed E-state index contributed by atoms with van der Waals surface area (Å²) in [5.74, 6) is 0.791. The van der Waals surface area contributed by atoms with Gasteiger partial charge in [-0.15, -0.1) is 0 Å².